The summed E-state index contributed by atoms with van der Waals surface area (Å²) in [7, 11) is 0. The minimum absolute atomic E-state index is 0.0944. The van der Waals surface area contributed by atoms with Crippen LogP contribution in [0, 0.1) is 12.8 Å². The Morgan fingerprint density at radius 3 is 2.38 bits per heavy atom. The first-order valence-electron chi connectivity index (χ1n) is 9.48. The fourth-order valence-electron chi connectivity index (χ4n) is 2.87. The molecular formula is C20H25NO7S. The summed E-state index contributed by atoms with van der Waals surface area (Å²) in [6.45, 7) is 4.76. The lowest BCUT2D eigenvalue weighted by molar-refractivity contribution is -0.151. The van der Waals surface area contributed by atoms with Crippen molar-refractivity contribution in [1.82, 2.24) is 0 Å². The van der Waals surface area contributed by atoms with Crippen molar-refractivity contribution in [3.63, 3.8) is 0 Å². The molecule has 0 aromatic carbocycles. The van der Waals surface area contributed by atoms with Crippen molar-refractivity contribution in [3.05, 3.63) is 28.2 Å². The molecule has 8 nitrogen and oxygen atoms in total. The Hall–Kier alpha value is -2.68. The van der Waals surface area contributed by atoms with Crippen LogP contribution < -0.4 is 5.32 Å². The fraction of sp³-hybridized carbons (Fsp3) is 0.500. The minimum atomic E-state index is -0.655. The van der Waals surface area contributed by atoms with Gasteiger partial charge in [-0.1, -0.05) is 12.2 Å². The van der Waals surface area contributed by atoms with E-state index in [0.717, 1.165) is 17.8 Å². The van der Waals surface area contributed by atoms with Gasteiger partial charge in [-0.25, -0.2) is 9.59 Å². The molecule has 1 aliphatic carbocycles. The first-order chi connectivity index (χ1) is 13.9. The first-order valence-corrected chi connectivity index (χ1v) is 10.3. The summed E-state index contributed by atoms with van der Waals surface area (Å²) in [5.74, 6) is -2.52. The second-order valence-corrected chi connectivity index (χ2v) is 7.36. The van der Waals surface area contributed by atoms with Crippen LogP contribution in [0.15, 0.2) is 12.2 Å². The summed E-state index contributed by atoms with van der Waals surface area (Å²) in [6, 6.07) is 0. The van der Waals surface area contributed by atoms with Gasteiger partial charge in [-0.3, -0.25) is 9.59 Å². The number of ether oxygens (including phenoxy) is 3. The van der Waals surface area contributed by atoms with Crippen molar-refractivity contribution in [3.8, 4) is 0 Å². The van der Waals surface area contributed by atoms with Crippen molar-refractivity contribution in [2.24, 2.45) is 5.92 Å². The maximum Gasteiger partial charge on any atom is 0.348 e. The molecule has 1 aliphatic rings. The number of nitrogens with one attached hydrogen (secondary N) is 1. The molecule has 0 unspecified atom stereocenters. The highest BCUT2D eigenvalue weighted by molar-refractivity contribution is 7.18. The molecule has 1 heterocycles. The third-order valence-corrected chi connectivity index (χ3v) is 5.48. The molecule has 0 fully saturated rings. The summed E-state index contributed by atoms with van der Waals surface area (Å²) in [4.78, 5) is 49.0. The number of thiophene rings is 1. The molecule has 2 rings (SSSR count). The van der Waals surface area contributed by atoms with E-state index in [2.05, 4.69) is 5.32 Å². The average Bonchev–Trinajstić information content (AvgIpc) is 3.03. The quantitative estimate of drug-likeness (QED) is 0.388. The van der Waals surface area contributed by atoms with Gasteiger partial charge in [0.15, 0.2) is 6.61 Å². The van der Waals surface area contributed by atoms with Gasteiger partial charge in [0.1, 0.15) is 9.88 Å². The van der Waals surface area contributed by atoms with Crippen molar-refractivity contribution in [1.29, 1.82) is 0 Å². The molecule has 0 bridgehead atoms. The lowest BCUT2D eigenvalue weighted by Crippen LogP contribution is -2.25. The zero-order chi connectivity index (χ0) is 21.4. The van der Waals surface area contributed by atoms with Gasteiger partial charge in [0.05, 0.1) is 24.7 Å². The molecule has 1 aromatic heterocycles. The maximum absolute atomic E-state index is 12.3. The molecule has 1 aromatic rings. The highest BCUT2D eigenvalue weighted by Gasteiger charge is 2.28. The minimum Gasteiger partial charge on any atom is -0.462 e. The number of carbonyl (C=O) groups is 4. The van der Waals surface area contributed by atoms with E-state index < -0.39 is 30.4 Å². The lowest BCUT2D eigenvalue weighted by Gasteiger charge is -2.16. The number of esters is 3. The number of carbonyl (C=O) groups excluding carboxylic acids is 4. The van der Waals surface area contributed by atoms with Crippen molar-refractivity contribution in [2.75, 3.05) is 25.1 Å². The van der Waals surface area contributed by atoms with Crippen LogP contribution in [-0.4, -0.2) is 43.6 Å². The van der Waals surface area contributed by atoms with Gasteiger partial charge in [0.25, 0.3) is 5.91 Å². The van der Waals surface area contributed by atoms with E-state index in [9.17, 15) is 19.2 Å². The molecule has 1 atom stereocenters. The summed E-state index contributed by atoms with van der Waals surface area (Å²) in [5, 5.41) is 2.70. The summed E-state index contributed by atoms with van der Waals surface area (Å²) < 4.78 is 15.1. The maximum atomic E-state index is 12.3. The standard InChI is InChI=1S/C20H25NO7S/c1-4-26-19(24)15-12(3)16(20(25)27-5-2)29-17(15)21-14(22)11-28-18(23)13-9-7-6-8-10-13/h6-7,13H,4-5,8-11H2,1-3H3,(H,21,22)/t13-/m0/s1. The van der Waals surface area contributed by atoms with Crippen LogP contribution in [0.25, 0.3) is 0 Å². The number of anilines is 1. The van der Waals surface area contributed by atoms with Crippen molar-refractivity contribution in [2.45, 2.75) is 40.0 Å². The van der Waals surface area contributed by atoms with Crippen LogP contribution in [0.5, 0.6) is 0 Å². The predicted molar refractivity (Wildman–Crippen MR) is 107 cm³/mol. The van der Waals surface area contributed by atoms with Gasteiger partial charge in [0, 0.05) is 0 Å². The van der Waals surface area contributed by atoms with E-state index in [1.165, 1.54) is 0 Å². The molecule has 1 N–H and O–H groups in total. The van der Waals surface area contributed by atoms with Crippen LogP contribution in [0.4, 0.5) is 5.00 Å². The lowest BCUT2D eigenvalue weighted by atomic mass is 9.95. The summed E-state index contributed by atoms with van der Waals surface area (Å²) in [5.41, 5.74) is 0.463. The van der Waals surface area contributed by atoms with Crippen LogP contribution in [-0.2, 0) is 23.8 Å². The van der Waals surface area contributed by atoms with Gasteiger partial charge >= 0.3 is 17.9 Å². The average molecular weight is 423 g/mol. The Morgan fingerprint density at radius 2 is 1.76 bits per heavy atom. The number of rotatable bonds is 8. The molecule has 158 valence electrons. The number of hydrogen-bond donors (Lipinski definition) is 1. The van der Waals surface area contributed by atoms with E-state index in [0.29, 0.717) is 18.4 Å². The molecule has 0 saturated heterocycles. The smallest absolute Gasteiger partial charge is 0.348 e. The van der Waals surface area contributed by atoms with Gasteiger partial charge in [-0.05, 0) is 45.6 Å². The Kier molecular flexibility index (Phi) is 8.38. The molecule has 1 amide bonds. The van der Waals surface area contributed by atoms with Gasteiger partial charge < -0.3 is 19.5 Å². The van der Waals surface area contributed by atoms with Crippen LogP contribution >= 0.6 is 11.3 Å². The van der Waals surface area contributed by atoms with E-state index in [1.54, 1.807) is 20.8 Å². The predicted octanol–water partition coefficient (Wildman–Crippen LogP) is 3.25. The van der Waals surface area contributed by atoms with Crippen LogP contribution in [0.1, 0.15) is 58.7 Å². The molecule has 29 heavy (non-hydrogen) atoms. The van der Waals surface area contributed by atoms with Crippen LogP contribution in [0.2, 0.25) is 0 Å². The Balaban J connectivity index is 2.10. The van der Waals surface area contributed by atoms with Crippen molar-refractivity contribution >= 4 is 40.2 Å². The highest BCUT2D eigenvalue weighted by Crippen LogP contribution is 2.34. The zero-order valence-electron chi connectivity index (χ0n) is 16.7. The largest absolute Gasteiger partial charge is 0.462 e. The molecule has 9 heteroatoms. The summed E-state index contributed by atoms with van der Waals surface area (Å²) in [6.07, 6.45) is 6.03. The molecule has 0 spiro atoms. The van der Waals surface area contributed by atoms with E-state index in [4.69, 9.17) is 14.2 Å². The van der Waals surface area contributed by atoms with Crippen molar-refractivity contribution < 1.29 is 33.4 Å². The summed E-state index contributed by atoms with van der Waals surface area (Å²) >= 11 is 0.922. The Bertz CT molecular complexity index is 812. The fourth-order valence-corrected chi connectivity index (χ4v) is 3.97. The van der Waals surface area contributed by atoms with E-state index in [1.807, 2.05) is 12.2 Å². The highest BCUT2D eigenvalue weighted by atomic mass is 32.1. The van der Waals surface area contributed by atoms with Gasteiger partial charge in [0.2, 0.25) is 0 Å². The number of amides is 1. The second kappa shape index (κ2) is 10.8. The zero-order valence-corrected chi connectivity index (χ0v) is 17.6. The topological polar surface area (TPSA) is 108 Å². The van der Waals surface area contributed by atoms with E-state index in [-0.39, 0.29) is 34.6 Å². The molecule has 0 radical (unpaired) electrons. The SMILES string of the molecule is CCOC(=O)c1sc(NC(=O)COC(=O)[C@H]2CC=CCC2)c(C(=O)OCC)c1C. The second-order valence-electron chi connectivity index (χ2n) is 6.34. The molecular weight excluding hydrogens is 398 g/mol. The number of allylic oxidation sites excluding steroid dienone is 2. The van der Waals surface area contributed by atoms with E-state index >= 15 is 0 Å². The third kappa shape index (κ3) is 5.90. The van der Waals surface area contributed by atoms with Gasteiger partial charge in [-0.2, -0.15) is 0 Å². The third-order valence-electron chi connectivity index (χ3n) is 4.29. The molecule has 0 aliphatic heterocycles. The molecule has 0 saturated carbocycles. The Morgan fingerprint density at radius 1 is 1.07 bits per heavy atom. The Labute approximate surface area is 173 Å². The normalized spacial score (nSPS) is 15.5. The van der Waals surface area contributed by atoms with Gasteiger partial charge in [-0.15, -0.1) is 11.3 Å². The number of hydrogen-bond acceptors (Lipinski definition) is 8. The monoisotopic (exact) mass is 423 g/mol. The first kappa shape index (κ1) is 22.6. The van der Waals surface area contributed by atoms with Crippen LogP contribution in [0.3, 0.4) is 0 Å².